The Hall–Kier alpha value is -2.70. The number of fused-ring (bicyclic) bond motifs is 1. The molecule has 2 rings (SSSR count). The van der Waals surface area contributed by atoms with Gasteiger partial charge in [0.15, 0.2) is 5.69 Å². The lowest BCUT2D eigenvalue weighted by Crippen LogP contribution is -2.37. The lowest BCUT2D eigenvalue weighted by atomic mass is 10.1. The number of hydrogen-bond acceptors (Lipinski definition) is 4. The van der Waals surface area contributed by atoms with E-state index >= 15 is 0 Å². The van der Waals surface area contributed by atoms with E-state index in [1.807, 2.05) is 13.8 Å². The fourth-order valence-electron chi connectivity index (χ4n) is 2.35. The van der Waals surface area contributed by atoms with Gasteiger partial charge in [-0.25, -0.2) is 4.68 Å². The summed E-state index contributed by atoms with van der Waals surface area (Å²) in [6, 6.07) is 6.82. The van der Waals surface area contributed by atoms with Crippen molar-refractivity contribution < 1.29 is 9.59 Å². The van der Waals surface area contributed by atoms with Gasteiger partial charge in [0.25, 0.3) is 11.5 Å². The summed E-state index contributed by atoms with van der Waals surface area (Å²) in [5, 5.41) is 5.13. The molecule has 1 aromatic carbocycles. The van der Waals surface area contributed by atoms with Crippen LogP contribution in [0.5, 0.6) is 0 Å². The highest BCUT2D eigenvalue weighted by molar-refractivity contribution is 6.05. The SMILES string of the molecule is CC(C)Cn1nc(C(=O)N(C)CC(N)=O)c2ccccc2c1=O. The molecule has 23 heavy (non-hydrogen) atoms. The molecule has 1 heterocycles. The zero-order chi connectivity index (χ0) is 17.1. The number of rotatable bonds is 5. The Morgan fingerprint density at radius 3 is 2.43 bits per heavy atom. The van der Waals surface area contributed by atoms with E-state index in [0.29, 0.717) is 17.3 Å². The molecule has 0 aliphatic heterocycles. The van der Waals surface area contributed by atoms with Gasteiger partial charge in [0.2, 0.25) is 5.91 Å². The molecule has 1 aromatic heterocycles. The Morgan fingerprint density at radius 1 is 1.26 bits per heavy atom. The van der Waals surface area contributed by atoms with Crippen LogP contribution in [-0.2, 0) is 11.3 Å². The Labute approximate surface area is 133 Å². The summed E-state index contributed by atoms with van der Waals surface area (Å²) in [7, 11) is 1.47. The monoisotopic (exact) mass is 316 g/mol. The molecule has 2 aromatic rings. The van der Waals surface area contributed by atoms with Gasteiger partial charge in [-0.05, 0) is 12.0 Å². The van der Waals surface area contributed by atoms with Crippen molar-refractivity contribution in [2.45, 2.75) is 20.4 Å². The highest BCUT2D eigenvalue weighted by atomic mass is 16.2. The highest BCUT2D eigenvalue weighted by Gasteiger charge is 2.21. The van der Waals surface area contributed by atoms with Crippen LogP contribution >= 0.6 is 0 Å². The van der Waals surface area contributed by atoms with Gasteiger partial charge in [-0.3, -0.25) is 14.4 Å². The van der Waals surface area contributed by atoms with Crippen LogP contribution in [0.2, 0.25) is 0 Å². The maximum atomic E-state index is 12.6. The van der Waals surface area contributed by atoms with Crippen molar-refractivity contribution in [3.05, 3.63) is 40.3 Å². The molecule has 0 saturated heterocycles. The Kier molecular flexibility index (Phi) is 4.78. The summed E-state index contributed by atoms with van der Waals surface area (Å²) in [6.07, 6.45) is 0. The molecule has 0 unspecified atom stereocenters. The highest BCUT2D eigenvalue weighted by Crippen LogP contribution is 2.15. The van der Waals surface area contributed by atoms with E-state index < -0.39 is 11.8 Å². The fourth-order valence-corrected chi connectivity index (χ4v) is 2.35. The number of carbonyl (C=O) groups is 2. The average molecular weight is 316 g/mol. The predicted molar refractivity (Wildman–Crippen MR) is 87.0 cm³/mol. The zero-order valence-corrected chi connectivity index (χ0v) is 13.4. The van der Waals surface area contributed by atoms with Gasteiger partial charge in [0, 0.05) is 19.0 Å². The third kappa shape index (κ3) is 3.56. The quantitative estimate of drug-likeness (QED) is 0.873. The van der Waals surface area contributed by atoms with Crippen molar-refractivity contribution in [3.63, 3.8) is 0 Å². The van der Waals surface area contributed by atoms with Crippen LogP contribution in [0.4, 0.5) is 0 Å². The van der Waals surface area contributed by atoms with E-state index in [9.17, 15) is 14.4 Å². The number of carbonyl (C=O) groups excluding carboxylic acids is 2. The van der Waals surface area contributed by atoms with Crippen molar-refractivity contribution in [1.82, 2.24) is 14.7 Å². The van der Waals surface area contributed by atoms with Crippen LogP contribution in [0.3, 0.4) is 0 Å². The molecule has 122 valence electrons. The number of nitrogens with zero attached hydrogens (tertiary/aromatic N) is 3. The van der Waals surface area contributed by atoms with Crippen molar-refractivity contribution in [1.29, 1.82) is 0 Å². The van der Waals surface area contributed by atoms with Gasteiger partial charge in [0.05, 0.1) is 11.9 Å². The maximum Gasteiger partial charge on any atom is 0.275 e. The van der Waals surface area contributed by atoms with E-state index in [2.05, 4.69) is 5.10 Å². The molecular formula is C16H20N4O3. The minimum Gasteiger partial charge on any atom is -0.368 e. The first-order valence-corrected chi connectivity index (χ1v) is 7.35. The first-order chi connectivity index (χ1) is 10.8. The number of likely N-dealkylation sites (N-methyl/N-ethyl adjacent to an activating group) is 1. The number of hydrogen-bond donors (Lipinski definition) is 1. The molecule has 0 radical (unpaired) electrons. The summed E-state index contributed by atoms with van der Waals surface area (Å²) >= 11 is 0. The first kappa shape index (κ1) is 16.7. The Bertz CT molecular complexity index is 811. The normalized spacial score (nSPS) is 11.0. The van der Waals surface area contributed by atoms with Gasteiger partial charge in [-0.15, -0.1) is 0 Å². The standard InChI is InChI=1S/C16H20N4O3/c1-10(2)8-20-15(22)12-7-5-4-6-11(12)14(18-20)16(23)19(3)9-13(17)21/h4-7,10H,8-9H2,1-3H3,(H2,17,21). The molecule has 2 N–H and O–H groups in total. The van der Waals surface area contributed by atoms with Crippen molar-refractivity contribution in [2.75, 3.05) is 13.6 Å². The van der Waals surface area contributed by atoms with Crippen LogP contribution in [-0.4, -0.2) is 40.1 Å². The number of benzene rings is 1. The minimum atomic E-state index is -0.611. The summed E-state index contributed by atoms with van der Waals surface area (Å²) in [6.45, 7) is 4.12. The lowest BCUT2D eigenvalue weighted by molar-refractivity contribution is -0.118. The van der Waals surface area contributed by atoms with E-state index in [0.717, 1.165) is 0 Å². The van der Waals surface area contributed by atoms with E-state index in [1.165, 1.54) is 16.6 Å². The third-order valence-corrected chi connectivity index (χ3v) is 3.35. The molecular weight excluding hydrogens is 296 g/mol. The topological polar surface area (TPSA) is 98.3 Å². The zero-order valence-electron chi connectivity index (χ0n) is 13.4. The van der Waals surface area contributed by atoms with Gasteiger partial charge >= 0.3 is 0 Å². The summed E-state index contributed by atoms with van der Waals surface area (Å²) in [4.78, 5) is 37.3. The van der Waals surface area contributed by atoms with Gasteiger partial charge in [-0.1, -0.05) is 32.0 Å². The molecule has 2 amide bonds. The summed E-state index contributed by atoms with van der Waals surface area (Å²) < 4.78 is 1.30. The Balaban J connectivity index is 2.62. The largest absolute Gasteiger partial charge is 0.368 e. The number of nitrogens with two attached hydrogens (primary N) is 1. The van der Waals surface area contributed by atoms with Crippen LogP contribution in [0.25, 0.3) is 10.8 Å². The molecule has 0 aliphatic carbocycles. The Morgan fingerprint density at radius 2 is 1.87 bits per heavy atom. The van der Waals surface area contributed by atoms with E-state index in [4.69, 9.17) is 5.73 Å². The molecule has 0 aliphatic rings. The van der Waals surface area contributed by atoms with Crippen LogP contribution < -0.4 is 11.3 Å². The number of aromatic nitrogens is 2. The van der Waals surface area contributed by atoms with Crippen molar-refractivity contribution in [3.8, 4) is 0 Å². The second-order valence-electron chi connectivity index (χ2n) is 5.90. The van der Waals surface area contributed by atoms with Gasteiger partial charge in [-0.2, -0.15) is 5.10 Å². The van der Waals surface area contributed by atoms with Gasteiger partial charge < -0.3 is 10.6 Å². The van der Waals surface area contributed by atoms with Crippen molar-refractivity contribution >= 4 is 22.6 Å². The molecule has 7 heteroatoms. The maximum absolute atomic E-state index is 12.6. The molecule has 0 spiro atoms. The van der Waals surface area contributed by atoms with E-state index in [-0.39, 0.29) is 23.7 Å². The molecule has 0 bridgehead atoms. The van der Waals surface area contributed by atoms with Gasteiger partial charge in [0.1, 0.15) is 0 Å². The number of amides is 2. The third-order valence-electron chi connectivity index (χ3n) is 3.35. The fraction of sp³-hybridized carbons (Fsp3) is 0.375. The van der Waals surface area contributed by atoms with Crippen molar-refractivity contribution in [2.24, 2.45) is 11.7 Å². The second kappa shape index (κ2) is 6.60. The van der Waals surface area contributed by atoms with E-state index in [1.54, 1.807) is 24.3 Å². The predicted octanol–water partition coefficient (Wildman–Crippen LogP) is 0.610. The van der Waals surface area contributed by atoms with Crippen LogP contribution in [0.15, 0.2) is 29.1 Å². The molecule has 0 saturated carbocycles. The average Bonchev–Trinajstić information content (AvgIpc) is 2.48. The number of primary amides is 1. The summed E-state index contributed by atoms with van der Waals surface area (Å²) in [5.74, 6) is -0.856. The second-order valence-corrected chi connectivity index (χ2v) is 5.90. The molecule has 0 atom stereocenters. The first-order valence-electron chi connectivity index (χ1n) is 7.35. The van der Waals surface area contributed by atoms with Crippen LogP contribution in [0, 0.1) is 5.92 Å². The molecule has 7 nitrogen and oxygen atoms in total. The molecule has 0 fully saturated rings. The minimum absolute atomic E-state index is 0.143. The van der Waals surface area contributed by atoms with Crippen LogP contribution in [0.1, 0.15) is 24.3 Å². The summed E-state index contributed by atoms with van der Waals surface area (Å²) in [5.41, 5.74) is 5.04. The smallest absolute Gasteiger partial charge is 0.275 e. The lowest BCUT2D eigenvalue weighted by Gasteiger charge is -2.17.